The van der Waals surface area contributed by atoms with E-state index in [4.69, 9.17) is 25.8 Å². The minimum atomic E-state index is -1.25. The van der Waals surface area contributed by atoms with Gasteiger partial charge in [0.2, 0.25) is 18.8 Å². The average Bonchev–Trinajstić information content (AvgIpc) is 3.45. The van der Waals surface area contributed by atoms with E-state index in [9.17, 15) is 14.4 Å². The lowest BCUT2D eigenvalue weighted by Crippen LogP contribution is -2.26. The van der Waals surface area contributed by atoms with E-state index in [0.29, 0.717) is 33.5 Å². The van der Waals surface area contributed by atoms with Crippen LogP contribution in [0.1, 0.15) is 27.6 Å². The van der Waals surface area contributed by atoms with E-state index in [1.807, 2.05) is 6.92 Å². The van der Waals surface area contributed by atoms with Gasteiger partial charge in [0.1, 0.15) is 5.03 Å². The zero-order valence-corrected chi connectivity index (χ0v) is 23.3. The third kappa shape index (κ3) is 6.97. The number of aryl methyl sites for hydroxylation is 1. The van der Waals surface area contributed by atoms with Crippen molar-refractivity contribution in [3.8, 4) is 11.5 Å². The molecule has 11 heteroatoms. The van der Waals surface area contributed by atoms with Crippen molar-refractivity contribution in [3.63, 3.8) is 0 Å². The van der Waals surface area contributed by atoms with Crippen LogP contribution in [0.4, 0.5) is 11.4 Å². The summed E-state index contributed by atoms with van der Waals surface area (Å²) in [4.78, 5) is 43.5. The second-order valence-electron chi connectivity index (χ2n) is 8.91. The molecule has 1 aliphatic rings. The summed E-state index contributed by atoms with van der Waals surface area (Å²) in [6.07, 6.45) is 0.258. The van der Waals surface area contributed by atoms with Gasteiger partial charge < -0.3 is 24.8 Å². The molecule has 2 heterocycles. The number of benzene rings is 3. The summed E-state index contributed by atoms with van der Waals surface area (Å²) in [6, 6.07) is 22.0. The normalized spacial score (nSPS) is 12.3. The van der Waals surface area contributed by atoms with Crippen molar-refractivity contribution < 1.29 is 28.6 Å². The number of carbonyl (C=O) groups is 3. The molecule has 0 spiro atoms. The van der Waals surface area contributed by atoms with Crippen LogP contribution in [0.2, 0.25) is 5.02 Å². The summed E-state index contributed by atoms with van der Waals surface area (Å²) in [5.74, 6) is -0.486. The number of nitrogens with zero attached hydrogens (tertiary/aromatic N) is 1. The Labute approximate surface area is 245 Å². The van der Waals surface area contributed by atoms with Crippen LogP contribution in [0.3, 0.4) is 0 Å². The molecule has 2 amide bonds. The number of ether oxygens (including phenoxy) is 3. The molecule has 9 nitrogen and oxygen atoms in total. The summed E-state index contributed by atoms with van der Waals surface area (Å²) >= 11 is 7.28. The summed E-state index contributed by atoms with van der Waals surface area (Å²) in [5.41, 5.74) is 2.49. The van der Waals surface area contributed by atoms with Crippen molar-refractivity contribution in [2.24, 2.45) is 0 Å². The summed E-state index contributed by atoms with van der Waals surface area (Å²) in [7, 11) is 0. The zero-order valence-electron chi connectivity index (χ0n) is 21.8. The third-order valence-corrected chi connectivity index (χ3v) is 7.40. The largest absolute Gasteiger partial charge is 0.454 e. The second kappa shape index (κ2) is 12.8. The standard InChI is InChI=1S/C30H24ClN3O6S/c1-18-9-10-20(14-23(18)31)34-28(36)27(19-6-3-2-4-7-19)40-30(37)22-8-5-13-32-29(22)41-16-26(35)33-21-11-12-24-25(15-21)39-17-38-24/h2-15,27H,16-17H2,1H3,(H,33,35)(H,34,36). The van der Waals surface area contributed by atoms with E-state index in [-0.39, 0.29) is 29.0 Å². The van der Waals surface area contributed by atoms with Gasteiger partial charge in [-0.25, -0.2) is 9.78 Å². The van der Waals surface area contributed by atoms with Gasteiger partial charge in [0.25, 0.3) is 5.91 Å². The van der Waals surface area contributed by atoms with Crippen molar-refractivity contribution in [3.05, 3.63) is 107 Å². The SMILES string of the molecule is Cc1ccc(NC(=O)C(OC(=O)c2cccnc2SCC(=O)Nc2ccc3c(c2)OCO3)c2ccccc2)cc1Cl. The topological polar surface area (TPSA) is 116 Å². The average molecular weight is 590 g/mol. The Morgan fingerprint density at radius 3 is 2.51 bits per heavy atom. The Kier molecular flexibility index (Phi) is 8.71. The first-order valence-corrected chi connectivity index (χ1v) is 13.8. The molecular weight excluding hydrogens is 566 g/mol. The maximum Gasteiger partial charge on any atom is 0.342 e. The number of hydrogen-bond acceptors (Lipinski definition) is 8. The molecule has 0 fully saturated rings. The van der Waals surface area contributed by atoms with Crippen LogP contribution in [0.25, 0.3) is 0 Å². The predicted molar refractivity (Wildman–Crippen MR) is 156 cm³/mol. The van der Waals surface area contributed by atoms with Gasteiger partial charge in [0, 0.05) is 34.2 Å². The van der Waals surface area contributed by atoms with Crippen molar-refractivity contribution in [2.75, 3.05) is 23.2 Å². The summed E-state index contributed by atoms with van der Waals surface area (Å²) in [6.45, 7) is 1.99. The van der Waals surface area contributed by atoms with Crippen molar-refractivity contribution >= 4 is 52.5 Å². The van der Waals surface area contributed by atoms with Crippen molar-refractivity contribution in [1.29, 1.82) is 0 Å². The number of anilines is 2. The number of fused-ring (bicyclic) bond motifs is 1. The van der Waals surface area contributed by atoms with Gasteiger partial charge in [0.15, 0.2) is 11.5 Å². The first kappa shape index (κ1) is 28.0. The Hall–Kier alpha value is -4.54. The first-order chi connectivity index (χ1) is 19.9. The lowest BCUT2D eigenvalue weighted by Gasteiger charge is -2.19. The molecule has 1 aromatic heterocycles. The fourth-order valence-electron chi connectivity index (χ4n) is 3.92. The molecule has 4 aromatic rings. The number of hydrogen-bond donors (Lipinski definition) is 2. The molecule has 208 valence electrons. The lowest BCUT2D eigenvalue weighted by atomic mass is 10.1. The number of thioether (sulfide) groups is 1. The van der Waals surface area contributed by atoms with Crippen LogP contribution in [-0.4, -0.2) is 35.3 Å². The molecule has 0 radical (unpaired) electrons. The molecule has 0 saturated carbocycles. The van der Waals surface area contributed by atoms with Gasteiger partial charge in [0.05, 0.1) is 11.3 Å². The van der Waals surface area contributed by atoms with Crippen LogP contribution in [-0.2, 0) is 14.3 Å². The van der Waals surface area contributed by atoms with Crippen molar-refractivity contribution in [1.82, 2.24) is 4.98 Å². The number of amides is 2. The number of rotatable bonds is 9. The van der Waals surface area contributed by atoms with Crippen molar-refractivity contribution in [2.45, 2.75) is 18.1 Å². The molecule has 2 N–H and O–H groups in total. The van der Waals surface area contributed by atoms with Crippen LogP contribution in [0.15, 0.2) is 90.1 Å². The van der Waals surface area contributed by atoms with Crippen LogP contribution >= 0.6 is 23.4 Å². The molecule has 0 aliphatic carbocycles. The molecule has 1 aliphatic heterocycles. The highest BCUT2D eigenvalue weighted by Gasteiger charge is 2.27. The van der Waals surface area contributed by atoms with Gasteiger partial charge in [-0.2, -0.15) is 0 Å². The highest BCUT2D eigenvalue weighted by atomic mass is 35.5. The smallest absolute Gasteiger partial charge is 0.342 e. The Morgan fingerprint density at radius 2 is 1.71 bits per heavy atom. The van der Waals surface area contributed by atoms with Gasteiger partial charge in [-0.05, 0) is 48.9 Å². The third-order valence-electron chi connectivity index (χ3n) is 5.99. The molecule has 0 saturated heterocycles. The molecule has 1 unspecified atom stereocenters. The number of halogens is 1. The second-order valence-corrected chi connectivity index (χ2v) is 10.3. The molecular formula is C30H24ClN3O6S. The van der Waals surface area contributed by atoms with Crippen LogP contribution < -0.4 is 20.1 Å². The summed E-state index contributed by atoms with van der Waals surface area (Å²) in [5, 5.41) is 6.34. The molecule has 5 rings (SSSR count). The number of aromatic nitrogens is 1. The van der Waals surface area contributed by atoms with E-state index in [1.165, 1.54) is 12.3 Å². The first-order valence-electron chi connectivity index (χ1n) is 12.5. The molecule has 1 atom stereocenters. The van der Waals surface area contributed by atoms with E-state index in [2.05, 4.69) is 15.6 Å². The maximum absolute atomic E-state index is 13.3. The summed E-state index contributed by atoms with van der Waals surface area (Å²) < 4.78 is 16.4. The number of nitrogens with one attached hydrogen (secondary N) is 2. The quantitative estimate of drug-likeness (QED) is 0.179. The monoisotopic (exact) mass is 589 g/mol. The van der Waals surface area contributed by atoms with Gasteiger partial charge in [-0.3, -0.25) is 9.59 Å². The number of carbonyl (C=O) groups excluding carboxylic acids is 3. The lowest BCUT2D eigenvalue weighted by molar-refractivity contribution is -0.125. The maximum atomic E-state index is 13.3. The fraction of sp³-hybridized carbons (Fsp3) is 0.133. The number of esters is 1. The molecule has 3 aromatic carbocycles. The molecule has 41 heavy (non-hydrogen) atoms. The van der Waals surface area contributed by atoms with Gasteiger partial charge in [-0.1, -0.05) is 59.8 Å². The number of pyridine rings is 1. The minimum absolute atomic E-state index is 0.0253. The Morgan fingerprint density at radius 1 is 0.951 bits per heavy atom. The van der Waals surface area contributed by atoms with Crippen LogP contribution in [0.5, 0.6) is 11.5 Å². The van der Waals surface area contributed by atoms with Gasteiger partial charge in [-0.15, -0.1) is 0 Å². The van der Waals surface area contributed by atoms with E-state index >= 15 is 0 Å². The molecule has 0 bridgehead atoms. The Bertz CT molecular complexity index is 1600. The van der Waals surface area contributed by atoms with Crippen LogP contribution in [0, 0.1) is 6.92 Å². The Balaban J connectivity index is 1.28. The zero-order chi connectivity index (χ0) is 28.8. The van der Waals surface area contributed by atoms with E-state index in [0.717, 1.165) is 17.3 Å². The van der Waals surface area contributed by atoms with Gasteiger partial charge >= 0.3 is 5.97 Å². The predicted octanol–water partition coefficient (Wildman–Crippen LogP) is 6.04. The van der Waals surface area contributed by atoms with E-state index < -0.39 is 18.0 Å². The fourth-order valence-corrected chi connectivity index (χ4v) is 4.88. The highest BCUT2D eigenvalue weighted by molar-refractivity contribution is 8.00. The highest BCUT2D eigenvalue weighted by Crippen LogP contribution is 2.34. The minimum Gasteiger partial charge on any atom is -0.454 e. The van der Waals surface area contributed by atoms with E-state index in [1.54, 1.807) is 72.8 Å².